The van der Waals surface area contributed by atoms with Crippen molar-refractivity contribution >= 4 is 10.0 Å². The van der Waals surface area contributed by atoms with E-state index >= 15 is 0 Å². The molecule has 21 heavy (non-hydrogen) atoms. The molecule has 1 aromatic carbocycles. The molecule has 0 saturated heterocycles. The van der Waals surface area contributed by atoms with Crippen molar-refractivity contribution in [3.05, 3.63) is 29.6 Å². The summed E-state index contributed by atoms with van der Waals surface area (Å²) < 4.78 is 41.2. The van der Waals surface area contributed by atoms with E-state index in [0.29, 0.717) is 5.56 Å². The smallest absolute Gasteiger partial charge is 0.243 e. The molecule has 1 aliphatic carbocycles. The number of nitrogens with one attached hydrogen (secondary N) is 1. The molecule has 0 spiro atoms. The van der Waals surface area contributed by atoms with Crippen LogP contribution in [0.15, 0.2) is 23.1 Å². The maximum absolute atomic E-state index is 13.9. The van der Waals surface area contributed by atoms with Gasteiger partial charge in [-0.3, -0.25) is 0 Å². The first kappa shape index (κ1) is 16.4. The third kappa shape index (κ3) is 4.02. The summed E-state index contributed by atoms with van der Waals surface area (Å²) >= 11 is 0. The van der Waals surface area contributed by atoms with Crippen LogP contribution in [0, 0.1) is 18.7 Å². The van der Waals surface area contributed by atoms with Gasteiger partial charge in [0.2, 0.25) is 10.0 Å². The molecule has 1 aromatic rings. The molecule has 6 heteroatoms. The van der Waals surface area contributed by atoms with Gasteiger partial charge in [0, 0.05) is 12.6 Å². The van der Waals surface area contributed by atoms with E-state index in [1.165, 1.54) is 18.6 Å². The first-order chi connectivity index (χ1) is 9.94. The SMILES string of the molecule is Cc1ccc(S(=O)(=O)NC(CN)C2CCCCC2)c(F)c1. The average molecular weight is 314 g/mol. The lowest BCUT2D eigenvalue weighted by Crippen LogP contribution is -2.46. The van der Waals surface area contributed by atoms with Gasteiger partial charge >= 0.3 is 0 Å². The van der Waals surface area contributed by atoms with Gasteiger partial charge in [-0.05, 0) is 43.4 Å². The molecule has 1 saturated carbocycles. The second-order valence-corrected chi connectivity index (χ2v) is 7.48. The summed E-state index contributed by atoms with van der Waals surface area (Å²) in [5.41, 5.74) is 6.42. The molecule has 0 bridgehead atoms. The molecule has 1 unspecified atom stereocenters. The molecule has 1 atom stereocenters. The average Bonchev–Trinajstić information content (AvgIpc) is 2.45. The fourth-order valence-electron chi connectivity index (χ4n) is 2.96. The van der Waals surface area contributed by atoms with Crippen LogP contribution in [0.3, 0.4) is 0 Å². The summed E-state index contributed by atoms with van der Waals surface area (Å²) in [6.07, 6.45) is 5.33. The highest BCUT2D eigenvalue weighted by Gasteiger charge is 2.28. The fourth-order valence-corrected chi connectivity index (χ4v) is 4.34. The van der Waals surface area contributed by atoms with Crippen molar-refractivity contribution in [2.75, 3.05) is 6.54 Å². The minimum Gasteiger partial charge on any atom is -0.329 e. The topological polar surface area (TPSA) is 72.2 Å². The first-order valence-electron chi connectivity index (χ1n) is 7.42. The lowest BCUT2D eigenvalue weighted by atomic mass is 9.84. The number of halogens is 1. The Morgan fingerprint density at radius 2 is 2.00 bits per heavy atom. The monoisotopic (exact) mass is 314 g/mol. The maximum Gasteiger partial charge on any atom is 0.243 e. The quantitative estimate of drug-likeness (QED) is 0.876. The predicted molar refractivity (Wildman–Crippen MR) is 80.9 cm³/mol. The second kappa shape index (κ2) is 6.85. The molecule has 2 rings (SSSR count). The van der Waals surface area contributed by atoms with Crippen molar-refractivity contribution in [1.29, 1.82) is 0 Å². The van der Waals surface area contributed by atoms with E-state index in [1.54, 1.807) is 13.0 Å². The normalized spacial score (nSPS) is 18.6. The number of sulfonamides is 1. The molecular formula is C15H23FN2O2S. The fraction of sp³-hybridized carbons (Fsp3) is 0.600. The molecule has 118 valence electrons. The Labute approximate surface area is 126 Å². The zero-order valence-electron chi connectivity index (χ0n) is 12.3. The Hall–Kier alpha value is -0.980. The molecule has 0 radical (unpaired) electrons. The first-order valence-corrected chi connectivity index (χ1v) is 8.91. The number of aryl methyl sites for hydroxylation is 1. The van der Waals surface area contributed by atoms with Crippen LogP contribution in [-0.4, -0.2) is 21.0 Å². The molecule has 3 N–H and O–H groups in total. The largest absolute Gasteiger partial charge is 0.329 e. The number of rotatable bonds is 5. The third-order valence-corrected chi connectivity index (χ3v) is 5.68. The van der Waals surface area contributed by atoms with Gasteiger partial charge in [0.15, 0.2) is 0 Å². The Bertz CT molecular complexity index is 583. The van der Waals surface area contributed by atoms with Gasteiger partial charge in [-0.15, -0.1) is 0 Å². The molecular weight excluding hydrogens is 291 g/mol. The second-order valence-electron chi connectivity index (χ2n) is 5.80. The van der Waals surface area contributed by atoms with Crippen LogP contribution in [0.5, 0.6) is 0 Å². The van der Waals surface area contributed by atoms with Crippen LogP contribution in [0.1, 0.15) is 37.7 Å². The summed E-state index contributed by atoms with van der Waals surface area (Å²) in [6.45, 7) is 1.95. The van der Waals surface area contributed by atoms with E-state index < -0.39 is 15.8 Å². The molecule has 0 amide bonds. The number of hydrogen-bond acceptors (Lipinski definition) is 3. The Morgan fingerprint density at radius 1 is 1.33 bits per heavy atom. The summed E-state index contributed by atoms with van der Waals surface area (Å²) in [4.78, 5) is -0.303. The minimum atomic E-state index is -3.87. The highest BCUT2D eigenvalue weighted by Crippen LogP contribution is 2.27. The van der Waals surface area contributed by atoms with Crippen LogP contribution in [-0.2, 0) is 10.0 Å². The van der Waals surface area contributed by atoms with Crippen molar-refractivity contribution in [2.24, 2.45) is 11.7 Å². The summed E-state index contributed by atoms with van der Waals surface area (Å²) in [5, 5.41) is 0. The van der Waals surface area contributed by atoms with Gasteiger partial charge in [-0.1, -0.05) is 25.3 Å². The highest BCUT2D eigenvalue weighted by atomic mass is 32.2. The van der Waals surface area contributed by atoms with E-state index in [0.717, 1.165) is 25.7 Å². The van der Waals surface area contributed by atoms with E-state index in [4.69, 9.17) is 5.73 Å². The van der Waals surface area contributed by atoms with Crippen molar-refractivity contribution in [1.82, 2.24) is 4.72 Å². The Morgan fingerprint density at radius 3 is 2.57 bits per heavy atom. The van der Waals surface area contributed by atoms with Crippen molar-refractivity contribution < 1.29 is 12.8 Å². The van der Waals surface area contributed by atoms with Gasteiger partial charge in [0.1, 0.15) is 10.7 Å². The zero-order chi connectivity index (χ0) is 15.5. The Kier molecular flexibility index (Phi) is 5.35. The summed E-state index contributed by atoms with van der Waals surface area (Å²) in [6, 6.07) is 3.81. The summed E-state index contributed by atoms with van der Waals surface area (Å²) in [7, 11) is -3.87. The maximum atomic E-state index is 13.9. The zero-order valence-corrected chi connectivity index (χ0v) is 13.1. The highest BCUT2D eigenvalue weighted by molar-refractivity contribution is 7.89. The van der Waals surface area contributed by atoms with Crippen LogP contribution in [0.4, 0.5) is 4.39 Å². The van der Waals surface area contributed by atoms with E-state index in [9.17, 15) is 12.8 Å². The van der Waals surface area contributed by atoms with E-state index in [-0.39, 0.29) is 23.4 Å². The van der Waals surface area contributed by atoms with Gasteiger partial charge < -0.3 is 5.73 Å². The molecule has 0 aliphatic heterocycles. The van der Waals surface area contributed by atoms with Crippen molar-refractivity contribution in [3.8, 4) is 0 Å². The van der Waals surface area contributed by atoms with Gasteiger partial charge in [0.05, 0.1) is 0 Å². The van der Waals surface area contributed by atoms with Gasteiger partial charge in [-0.2, -0.15) is 0 Å². The number of hydrogen-bond donors (Lipinski definition) is 2. The number of nitrogens with two attached hydrogens (primary N) is 1. The van der Waals surface area contributed by atoms with Crippen molar-refractivity contribution in [3.63, 3.8) is 0 Å². The van der Waals surface area contributed by atoms with Crippen LogP contribution in [0.2, 0.25) is 0 Å². The van der Waals surface area contributed by atoms with E-state index in [2.05, 4.69) is 4.72 Å². The molecule has 1 aliphatic rings. The summed E-state index contributed by atoms with van der Waals surface area (Å²) in [5.74, 6) is -0.478. The number of benzene rings is 1. The van der Waals surface area contributed by atoms with Gasteiger partial charge in [0.25, 0.3) is 0 Å². The van der Waals surface area contributed by atoms with Crippen LogP contribution in [0.25, 0.3) is 0 Å². The predicted octanol–water partition coefficient (Wildman–Crippen LogP) is 2.32. The molecule has 4 nitrogen and oxygen atoms in total. The van der Waals surface area contributed by atoms with Crippen LogP contribution < -0.4 is 10.5 Å². The molecule has 0 heterocycles. The van der Waals surface area contributed by atoms with Crippen LogP contribution >= 0.6 is 0 Å². The standard InChI is InChI=1S/C15H23FN2O2S/c1-11-7-8-15(13(16)9-11)21(19,20)18-14(10-17)12-5-3-2-4-6-12/h7-9,12,14,18H,2-6,10,17H2,1H3. The van der Waals surface area contributed by atoms with Gasteiger partial charge in [-0.25, -0.2) is 17.5 Å². The van der Waals surface area contributed by atoms with E-state index in [1.807, 2.05) is 0 Å². The molecule has 1 fully saturated rings. The van der Waals surface area contributed by atoms with Crippen molar-refractivity contribution in [2.45, 2.75) is 50.0 Å². The molecule has 0 aromatic heterocycles. The Balaban J connectivity index is 2.18. The lowest BCUT2D eigenvalue weighted by Gasteiger charge is -2.29. The minimum absolute atomic E-state index is 0.234. The lowest BCUT2D eigenvalue weighted by molar-refractivity contribution is 0.294. The third-order valence-electron chi connectivity index (χ3n) is 4.16.